The molecule has 1 rings (SSSR count). The van der Waals surface area contributed by atoms with Crippen molar-refractivity contribution >= 4 is 5.96 Å². The van der Waals surface area contributed by atoms with E-state index in [2.05, 4.69) is 32.2 Å². The van der Waals surface area contributed by atoms with E-state index in [1.54, 1.807) is 6.08 Å². The van der Waals surface area contributed by atoms with Crippen LogP contribution in [-0.4, -0.2) is 12.5 Å². The van der Waals surface area contributed by atoms with Crippen molar-refractivity contribution in [1.82, 2.24) is 0 Å². The number of hydrogen-bond acceptors (Lipinski definition) is 3. The van der Waals surface area contributed by atoms with Crippen LogP contribution < -0.4 is 0 Å². The highest BCUT2D eigenvalue weighted by Gasteiger charge is 1.95. The van der Waals surface area contributed by atoms with E-state index in [0.717, 1.165) is 0 Å². The fourth-order valence-electron chi connectivity index (χ4n) is 0.349. The molecule has 0 aromatic heterocycles. The van der Waals surface area contributed by atoms with Crippen LogP contribution in [0.15, 0.2) is 38.3 Å². The van der Waals surface area contributed by atoms with Gasteiger partial charge in [0.2, 0.25) is 0 Å². The van der Waals surface area contributed by atoms with Crippen LogP contribution in [0.1, 0.15) is 0 Å². The number of rotatable bonds is 2. The van der Waals surface area contributed by atoms with E-state index in [-0.39, 0.29) is 0 Å². The summed E-state index contributed by atoms with van der Waals surface area (Å²) >= 11 is 0. The van der Waals surface area contributed by atoms with Gasteiger partial charge in [0.15, 0.2) is 0 Å². The number of aliphatic imine (C=N–C) groups is 1. The zero-order valence-corrected chi connectivity index (χ0v) is 4.73. The first-order valence-corrected chi connectivity index (χ1v) is 2.40. The minimum absolute atomic E-state index is 0.315. The van der Waals surface area contributed by atoms with Gasteiger partial charge in [0.05, 0.1) is 6.54 Å². The molecule has 5 nitrogen and oxygen atoms in total. The fourth-order valence-corrected chi connectivity index (χ4v) is 0.349. The first-order chi connectivity index (χ1) is 4.43. The largest absolute Gasteiger partial charge is 0.287 e. The van der Waals surface area contributed by atoms with Gasteiger partial charge in [-0.3, -0.25) is 0 Å². The molecule has 0 saturated heterocycles. The Morgan fingerprint density at radius 2 is 2.11 bits per heavy atom. The quantitative estimate of drug-likeness (QED) is 0.498. The Hall–Kier alpha value is -1.39. The van der Waals surface area contributed by atoms with Crippen LogP contribution >= 0.6 is 0 Å². The van der Waals surface area contributed by atoms with Crippen LogP contribution in [0.2, 0.25) is 0 Å². The molecule has 1 aliphatic heterocycles. The smallest absolute Gasteiger partial charge is 0.242 e. The second-order valence-electron chi connectivity index (χ2n) is 1.31. The summed E-state index contributed by atoms with van der Waals surface area (Å²) in [7, 11) is 0. The molecular formula is C4H5N5. The number of hydrogen-bond donors (Lipinski definition) is 0. The predicted molar refractivity (Wildman–Crippen MR) is 32.2 cm³/mol. The molecule has 0 aromatic carbocycles. The van der Waals surface area contributed by atoms with E-state index in [9.17, 15) is 0 Å². The Kier molecular flexibility index (Phi) is 1.79. The Morgan fingerprint density at radius 1 is 1.44 bits per heavy atom. The Morgan fingerprint density at radius 3 is 2.67 bits per heavy atom. The van der Waals surface area contributed by atoms with Gasteiger partial charge in [-0.25, -0.2) is 4.99 Å². The second-order valence-corrected chi connectivity index (χ2v) is 1.31. The lowest BCUT2D eigenvalue weighted by atomic mass is 10.6. The van der Waals surface area contributed by atoms with Crippen molar-refractivity contribution in [2.45, 2.75) is 0 Å². The summed E-state index contributed by atoms with van der Waals surface area (Å²) in [6.07, 6.45) is 1.65. The second kappa shape index (κ2) is 2.81. The SMILES string of the molecule is C=CCN=C1N=NN=N1. The molecule has 0 amide bonds. The highest BCUT2D eigenvalue weighted by Crippen LogP contribution is 1.96. The van der Waals surface area contributed by atoms with Crippen molar-refractivity contribution < 1.29 is 0 Å². The van der Waals surface area contributed by atoms with Gasteiger partial charge >= 0.3 is 0 Å². The molecule has 46 valence electrons. The van der Waals surface area contributed by atoms with Crippen molar-refractivity contribution in [1.29, 1.82) is 0 Å². The van der Waals surface area contributed by atoms with Gasteiger partial charge in [0.25, 0.3) is 5.96 Å². The molecule has 0 saturated carbocycles. The summed E-state index contributed by atoms with van der Waals surface area (Å²) in [6.45, 7) is 3.98. The first-order valence-electron chi connectivity index (χ1n) is 2.40. The lowest BCUT2D eigenvalue weighted by Gasteiger charge is -1.78. The minimum atomic E-state index is 0.315. The van der Waals surface area contributed by atoms with Gasteiger partial charge < -0.3 is 0 Å². The van der Waals surface area contributed by atoms with Gasteiger partial charge in [0.1, 0.15) is 0 Å². The van der Waals surface area contributed by atoms with Gasteiger partial charge in [-0.15, -0.1) is 6.58 Å². The maximum absolute atomic E-state index is 3.82. The molecule has 0 unspecified atom stereocenters. The number of nitrogens with zero attached hydrogens (tertiary/aromatic N) is 5. The third-order valence-electron chi connectivity index (χ3n) is 0.670. The van der Waals surface area contributed by atoms with Crippen molar-refractivity contribution in [2.75, 3.05) is 6.54 Å². The molecule has 9 heavy (non-hydrogen) atoms. The molecule has 1 heterocycles. The van der Waals surface area contributed by atoms with Crippen LogP contribution in [0.3, 0.4) is 0 Å². The topological polar surface area (TPSA) is 61.8 Å². The Balaban J connectivity index is 2.51. The van der Waals surface area contributed by atoms with Gasteiger partial charge in [-0.2, -0.15) is 0 Å². The molecule has 5 heteroatoms. The van der Waals surface area contributed by atoms with Gasteiger partial charge in [0, 0.05) is 0 Å². The molecule has 0 spiro atoms. The number of guanidine groups is 1. The predicted octanol–water partition coefficient (Wildman–Crippen LogP) is 1.36. The highest BCUT2D eigenvalue weighted by molar-refractivity contribution is 5.81. The molecule has 0 N–H and O–H groups in total. The van der Waals surface area contributed by atoms with Crippen molar-refractivity contribution in [3.63, 3.8) is 0 Å². The van der Waals surface area contributed by atoms with E-state index < -0.39 is 0 Å². The molecule has 0 aromatic rings. The van der Waals surface area contributed by atoms with Crippen LogP contribution in [0.5, 0.6) is 0 Å². The van der Waals surface area contributed by atoms with E-state index in [0.29, 0.717) is 12.5 Å². The van der Waals surface area contributed by atoms with Gasteiger partial charge in [-0.1, -0.05) is 16.3 Å². The lowest BCUT2D eigenvalue weighted by Crippen LogP contribution is -1.83. The summed E-state index contributed by atoms with van der Waals surface area (Å²) in [6, 6.07) is 0. The monoisotopic (exact) mass is 123 g/mol. The van der Waals surface area contributed by atoms with Gasteiger partial charge in [-0.05, 0) is 10.4 Å². The summed E-state index contributed by atoms with van der Waals surface area (Å²) in [5.74, 6) is 0.315. The first kappa shape index (κ1) is 5.74. The van der Waals surface area contributed by atoms with Crippen LogP contribution in [-0.2, 0) is 0 Å². The molecular weight excluding hydrogens is 118 g/mol. The Bertz CT molecular complexity index is 175. The third kappa shape index (κ3) is 1.52. The molecule has 0 radical (unpaired) electrons. The standard InChI is InChI=1S/C4H5N5/c1-2-3-5-4-6-8-9-7-4/h2H,1,3H2. The minimum Gasteiger partial charge on any atom is -0.242 e. The van der Waals surface area contributed by atoms with E-state index >= 15 is 0 Å². The molecule has 0 bridgehead atoms. The van der Waals surface area contributed by atoms with Crippen LogP contribution in [0, 0.1) is 0 Å². The van der Waals surface area contributed by atoms with Crippen molar-refractivity contribution in [3.05, 3.63) is 12.7 Å². The van der Waals surface area contributed by atoms with Crippen LogP contribution in [0.25, 0.3) is 0 Å². The summed E-state index contributed by atoms with van der Waals surface area (Å²) < 4.78 is 0. The summed E-state index contributed by atoms with van der Waals surface area (Å²) in [5, 5.41) is 13.4. The van der Waals surface area contributed by atoms with Crippen LogP contribution in [0.4, 0.5) is 0 Å². The highest BCUT2D eigenvalue weighted by atomic mass is 15.6. The van der Waals surface area contributed by atoms with E-state index in [4.69, 9.17) is 0 Å². The summed E-state index contributed by atoms with van der Waals surface area (Å²) in [5.41, 5.74) is 0. The molecule has 1 aliphatic rings. The van der Waals surface area contributed by atoms with E-state index in [1.807, 2.05) is 0 Å². The molecule has 0 aliphatic carbocycles. The fraction of sp³-hybridized carbons (Fsp3) is 0.250. The third-order valence-corrected chi connectivity index (χ3v) is 0.670. The normalized spacial score (nSPS) is 14.4. The lowest BCUT2D eigenvalue weighted by molar-refractivity contribution is 1.06. The maximum atomic E-state index is 3.82. The zero-order valence-electron chi connectivity index (χ0n) is 4.73. The average Bonchev–Trinajstić information content (AvgIpc) is 2.34. The summed E-state index contributed by atoms with van der Waals surface area (Å²) in [4.78, 5) is 3.82. The Labute approximate surface area is 51.9 Å². The zero-order chi connectivity index (χ0) is 6.53. The maximum Gasteiger partial charge on any atom is 0.287 e. The molecule has 0 fully saturated rings. The molecule has 0 atom stereocenters. The van der Waals surface area contributed by atoms with Crippen molar-refractivity contribution in [2.24, 2.45) is 25.7 Å². The van der Waals surface area contributed by atoms with Crippen molar-refractivity contribution in [3.8, 4) is 0 Å². The average molecular weight is 123 g/mol. The van der Waals surface area contributed by atoms with E-state index in [1.165, 1.54) is 0 Å².